The number of nitrogens with zero attached hydrogens (tertiary/aromatic N) is 1. The Balaban J connectivity index is 2.71. The molecule has 1 aromatic rings. The van der Waals surface area contributed by atoms with Crippen molar-refractivity contribution in [1.29, 1.82) is 0 Å². The summed E-state index contributed by atoms with van der Waals surface area (Å²) in [5.74, 6) is -1.26. The van der Waals surface area contributed by atoms with Crippen LogP contribution in [-0.2, 0) is 9.53 Å². The first-order chi connectivity index (χ1) is 8.69. The van der Waals surface area contributed by atoms with Crippen molar-refractivity contribution in [2.45, 2.75) is 12.8 Å². The van der Waals surface area contributed by atoms with Gasteiger partial charge >= 0.3 is 5.97 Å². The van der Waals surface area contributed by atoms with E-state index in [9.17, 15) is 9.90 Å². The molecule has 0 bridgehead atoms. The monoisotopic (exact) mass is 251 g/mol. The standard InChI is InChI=1S/C14H21NO3/c1-3-15(9-10-18-2)11-13(14(16)17)12-7-5-4-6-8-12/h4-8,13H,3,9-11H2,1-2H3,(H,16,17). The first-order valence-electron chi connectivity index (χ1n) is 6.18. The topological polar surface area (TPSA) is 49.8 Å². The van der Waals surface area contributed by atoms with Crippen LogP contribution in [0.3, 0.4) is 0 Å². The van der Waals surface area contributed by atoms with Crippen molar-refractivity contribution in [2.75, 3.05) is 33.4 Å². The highest BCUT2D eigenvalue weighted by atomic mass is 16.5. The minimum absolute atomic E-state index is 0.483. The predicted octanol–water partition coefficient (Wildman–Crippen LogP) is 1.82. The van der Waals surface area contributed by atoms with Crippen LogP contribution in [0.1, 0.15) is 18.4 Å². The number of hydrogen-bond donors (Lipinski definition) is 1. The summed E-state index contributed by atoms with van der Waals surface area (Å²) >= 11 is 0. The lowest BCUT2D eigenvalue weighted by molar-refractivity contribution is -0.139. The average Bonchev–Trinajstić information content (AvgIpc) is 2.39. The van der Waals surface area contributed by atoms with Crippen LogP contribution >= 0.6 is 0 Å². The second-order valence-electron chi connectivity index (χ2n) is 4.19. The van der Waals surface area contributed by atoms with Crippen molar-refractivity contribution in [2.24, 2.45) is 0 Å². The number of carbonyl (C=O) groups is 1. The molecule has 0 radical (unpaired) electrons. The van der Waals surface area contributed by atoms with Crippen LogP contribution in [0.25, 0.3) is 0 Å². The molecule has 4 heteroatoms. The quantitative estimate of drug-likeness (QED) is 0.765. The van der Waals surface area contributed by atoms with Gasteiger partial charge in [0.25, 0.3) is 0 Å². The summed E-state index contributed by atoms with van der Waals surface area (Å²) in [5, 5.41) is 9.34. The molecule has 4 nitrogen and oxygen atoms in total. The van der Waals surface area contributed by atoms with Gasteiger partial charge in [-0.05, 0) is 12.1 Å². The number of aliphatic carboxylic acids is 1. The van der Waals surface area contributed by atoms with Gasteiger partial charge in [0.05, 0.1) is 12.5 Å². The van der Waals surface area contributed by atoms with Crippen molar-refractivity contribution in [3.63, 3.8) is 0 Å². The lowest BCUT2D eigenvalue weighted by atomic mass is 9.99. The number of methoxy groups -OCH3 is 1. The molecule has 18 heavy (non-hydrogen) atoms. The SMILES string of the molecule is CCN(CCOC)CC(C(=O)O)c1ccccc1. The molecule has 0 fully saturated rings. The highest BCUT2D eigenvalue weighted by Crippen LogP contribution is 2.17. The van der Waals surface area contributed by atoms with E-state index in [1.54, 1.807) is 7.11 Å². The summed E-state index contributed by atoms with van der Waals surface area (Å²) < 4.78 is 5.03. The fourth-order valence-electron chi connectivity index (χ4n) is 1.87. The van der Waals surface area contributed by atoms with Crippen molar-refractivity contribution in [3.8, 4) is 0 Å². The lowest BCUT2D eigenvalue weighted by Crippen LogP contribution is -2.34. The molecule has 1 rings (SSSR count). The van der Waals surface area contributed by atoms with Gasteiger partial charge in [-0.3, -0.25) is 4.79 Å². The van der Waals surface area contributed by atoms with Gasteiger partial charge < -0.3 is 14.7 Å². The Morgan fingerprint density at radius 1 is 1.39 bits per heavy atom. The fraction of sp³-hybridized carbons (Fsp3) is 0.500. The van der Waals surface area contributed by atoms with E-state index in [4.69, 9.17) is 4.74 Å². The van der Waals surface area contributed by atoms with Crippen molar-refractivity contribution >= 4 is 5.97 Å². The average molecular weight is 251 g/mol. The van der Waals surface area contributed by atoms with E-state index in [0.717, 1.165) is 18.7 Å². The van der Waals surface area contributed by atoms with Crippen molar-refractivity contribution < 1.29 is 14.6 Å². The number of benzene rings is 1. The molecule has 0 saturated carbocycles. The van der Waals surface area contributed by atoms with Crippen molar-refractivity contribution in [3.05, 3.63) is 35.9 Å². The van der Waals surface area contributed by atoms with E-state index in [0.29, 0.717) is 13.2 Å². The zero-order valence-electron chi connectivity index (χ0n) is 11.0. The van der Waals surface area contributed by atoms with E-state index >= 15 is 0 Å². The van der Waals surface area contributed by atoms with Gasteiger partial charge in [-0.25, -0.2) is 0 Å². The van der Waals surface area contributed by atoms with Gasteiger partial charge in [-0.15, -0.1) is 0 Å². The van der Waals surface area contributed by atoms with Crippen LogP contribution < -0.4 is 0 Å². The van der Waals surface area contributed by atoms with Gasteiger partial charge in [0.15, 0.2) is 0 Å². The molecule has 0 aliphatic carbocycles. The molecular formula is C14H21NO3. The third-order valence-electron chi connectivity index (χ3n) is 3.00. The normalized spacial score (nSPS) is 12.6. The molecular weight excluding hydrogens is 230 g/mol. The smallest absolute Gasteiger partial charge is 0.312 e. The van der Waals surface area contributed by atoms with Gasteiger partial charge in [0, 0.05) is 20.2 Å². The maximum Gasteiger partial charge on any atom is 0.312 e. The molecule has 100 valence electrons. The number of hydrogen-bond acceptors (Lipinski definition) is 3. The number of carboxylic acid groups (broad SMARTS) is 1. The molecule has 0 aromatic heterocycles. The second kappa shape index (κ2) is 7.84. The molecule has 0 heterocycles. The summed E-state index contributed by atoms with van der Waals surface area (Å²) in [6, 6.07) is 9.37. The third-order valence-corrected chi connectivity index (χ3v) is 3.00. The predicted molar refractivity (Wildman–Crippen MR) is 70.8 cm³/mol. The highest BCUT2D eigenvalue weighted by Gasteiger charge is 2.22. The van der Waals surface area contributed by atoms with Crippen LogP contribution in [0.15, 0.2) is 30.3 Å². The van der Waals surface area contributed by atoms with Crippen LogP contribution in [0, 0.1) is 0 Å². The Kier molecular flexibility index (Phi) is 6.39. The summed E-state index contributed by atoms with van der Waals surface area (Å²) in [7, 11) is 1.65. The van der Waals surface area contributed by atoms with E-state index in [1.165, 1.54) is 0 Å². The third kappa shape index (κ3) is 4.47. The molecule has 0 amide bonds. The number of rotatable bonds is 8. The van der Waals surface area contributed by atoms with Gasteiger partial charge in [0.1, 0.15) is 0 Å². The van der Waals surface area contributed by atoms with E-state index in [2.05, 4.69) is 4.90 Å². The van der Waals surface area contributed by atoms with Crippen molar-refractivity contribution in [1.82, 2.24) is 4.90 Å². The van der Waals surface area contributed by atoms with E-state index in [-0.39, 0.29) is 0 Å². The maximum atomic E-state index is 11.4. The Hall–Kier alpha value is -1.39. The Morgan fingerprint density at radius 3 is 2.56 bits per heavy atom. The molecule has 1 aromatic carbocycles. The molecule has 0 aliphatic rings. The number of carboxylic acids is 1. The summed E-state index contributed by atoms with van der Waals surface area (Å²) in [5.41, 5.74) is 0.848. The van der Waals surface area contributed by atoms with Gasteiger partial charge in [-0.2, -0.15) is 0 Å². The molecule has 0 saturated heterocycles. The van der Waals surface area contributed by atoms with Gasteiger partial charge in [0.2, 0.25) is 0 Å². The highest BCUT2D eigenvalue weighted by molar-refractivity contribution is 5.76. The maximum absolute atomic E-state index is 11.4. The molecule has 1 unspecified atom stereocenters. The van der Waals surface area contributed by atoms with Crippen LogP contribution in [0.4, 0.5) is 0 Å². The summed E-state index contributed by atoms with van der Waals surface area (Å²) in [6.45, 7) is 4.73. The molecule has 1 N–H and O–H groups in total. The Bertz CT molecular complexity index is 353. The zero-order valence-corrected chi connectivity index (χ0v) is 11.0. The molecule has 1 atom stereocenters. The van der Waals surface area contributed by atoms with Crippen LogP contribution in [-0.4, -0.2) is 49.3 Å². The Morgan fingerprint density at radius 2 is 2.06 bits per heavy atom. The second-order valence-corrected chi connectivity index (χ2v) is 4.19. The lowest BCUT2D eigenvalue weighted by Gasteiger charge is -2.24. The summed E-state index contributed by atoms with van der Waals surface area (Å²) in [4.78, 5) is 13.5. The molecule has 0 spiro atoms. The number of ether oxygens (including phenoxy) is 1. The summed E-state index contributed by atoms with van der Waals surface area (Å²) in [6.07, 6.45) is 0. The van der Waals surface area contributed by atoms with Crippen LogP contribution in [0.2, 0.25) is 0 Å². The minimum atomic E-state index is -0.780. The molecule has 0 aliphatic heterocycles. The van der Waals surface area contributed by atoms with E-state index < -0.39 is 11.9 Å². The van der Waals surface area contributed by atoms with Crippen LogP contribution in [0.5, 0.6) is 0 Å². The van der Waals surface area contributed by atoms with E-state index in [1.807, 2.05) is 37.3 Å². The largest absolute Gasteiger partial charge is 0.481 e. The van der Waals surface area contributed by atoms with Gasteiger partial charge in [-0.1, -0.05) is 37.3 Å². The first kappa shape index (κ1) is 14.7. The Labute approximate surface area is 108 Å². The fourth-order valence-corrected chi connectivity index (χ4v) is 1.87. The first-order valence-corrected chi connectivity index (χ1v) is 6.18. The minimum Gasteiger partial charge on any atom is -0.481 e. The zero-order chi connectivity index (χ0) is 13.4. The number of likely N-dealkylation sites (N-methyl/N-ethyl adjacent to an activating group) is 1.